The molecule has 0 atom stereocenters. The van der Waals surface area contributed by atoms with E-state index in [1.807, 2.05) is 0 Å². The number of hydrogen-bond acceptors (Lipinski definition) is 2. The van der Waals surface area contributed by atoms with Crippen LogP contribution in [0.15, 0.2) is 24.5 Å². The van der Waals surface area contributed by atoms with Gasteiger partial charge in [0.2, 0.25) is 0 Å². The number of pyridine rings is 1. The van der Waals surface area contributed by atoms with E-state index in [-0.39, 0.29) is 17.4 Å². The van der Waals surface area contributed by atoms with Crippen molar-refractivity contribution >= 4 is 0 Å². The average molecular weight is 301 g/mol. The summed E-state index contributed by atoms with van der Waals surface area (Å²) in [6.07, 6.45) is 3.39. The van der Waals surface area contributed by atoms with Crippen LogP contribution in [0.1, 0.15) is 0 Å². The summed E-state index contributed by atoms with van der Waals surface area (Å²) >= 11 is 0. The van der Waals surface area contributed by atoms with Crippen LogP contribution in [0.5, 0.6) is 5.75 Å². The summed E-state index contributed by atoms with van der Waals surface area (Å²) in [7, 11) is 1.63. The van der Waals surface area contributed by atoms with E-state index >= 15 is 0 Å². The zero-order chi connectivity index (χ0) is 15.8. The van der Waals surface area contributed by atoms with Gasteiger partial charge in [0.05, 0.1) is 7.11 Å². The SMILES string of the molecule is COc1ccncc1.[C-]#[O+].[C-]#[O+].[C-]#[O+].[C-]#[O+].[C-]#[O+].[Cr]. The van der Waals surface area contributed by atoms with Crippen molar-refractivity contribution in [3.8, 4) is 5.75 Å². The number of ether oxygens (including phenoxy) is 1. The Morgan fingerprint density at radius 1 is 0.789 bits per heavy atom. The van der Waals surface area contributed by atoms with Gasteiger partial charge in [-0.15, -0.1) is 0 Å². The Balaban J connectivity index is -0.0000000332. The monoisotopic (exact) mass is 301 g/mol. The van der Waals surface area contributed by atoms with Gasteiger partial charge < -0.3 is 4.74 Å². The van der Waals surface area contributed by atoms with Crippen molar-refractivity contribution in [3.05, 3.63) is 57.8 Å². The fourth-order valence-electron chi connectivity index (χ4n) is 0.474. The van der Waals surface area contributed by atoms with E-state index < -0.39 is 0 Å². The summed E-state index contributed by atoms with van der Waals surface area (Å²) in [4.78, 5) is 3.81. The summed E-state index contributed by atoms with van der Waals surface area (Å²) in [5, 5.41) is 0. The molecule has 0 aliphatic heterocycles. The summed E-state index contributed by atoms with van der Waals surface area (Å²) in [5.41, 5.74) is 0. The van der Waals surface area contributed by atoms with Crippen molar-refractivity contribution in [2.24, 2.45) is 0 Å². The van der Waals surface area contributed by atoms with Crippen molar-refractivity contribution in [3.63, 3.8) is 0 Å². The number of rotatable bonds is 1. The summed E-state index contributed by atoms with van der Waals surface area (Å²) in [5.74, 6) is 0.847. The van der Waals surface area contributed by atoms with Gasteiger partial charge in [-0.05, 0) is 12.1 Å². The Morgan fingerprint density at radius 3 is 1.21 bits per heavy atom. The van der Waals surface area contributed by atoms with Crippen molar-refractivity contribution < 1.29 is 45.4 Å². The molecule has 98 valence electrons. The summed E-state index contributed by atoms with van der Waals surface area (Å²) in [6, 6.07) is 3.61. The van der Waals surface area contributed by atoms with Gasteiger partial charge in [0, 0.05) is 29.8 Å². The Bertz CT molecular complexity index is 296. The van der Waals surface area contributed by atoms with E-state index in [1.165, 1.54) is 0 Å². The van der Waals surface area contributed by atoms with Gasteiger partial charge in [-0.2, -0.15) is 0 Å². The quantitative estimate of drug-likeness (QED) is 0.565. The third-order valence-electron chi connectivity index (χ3n) is 0.885. The third kappa shape index (κ3) is 48.6. The molecule has 0 saturated carbocycles. The zero-order valence-corrected chi connectivity index (χ0v) is 10.9. The average Bonchev–Trinajstić information content (AvgIpc) is 2.57. The Kier molecular flexibility index (Phi) is 137. The molecule has 1 aromatic rings. The molecule has 0 unspecified atom stereocenters. The zero-order valence-electron chi connectivity index (χ0n) is 9.61. The van der Waals surface area contributed by atoms with Crippen LogP contribution in [0.2, 0.25) is 0 Å². The molecule has 0 radical (unpaired) electrons. The van der Waals surface area contributed by atoms with Crippen molar-refractivity contribution in [2.75, 3.05) is 7.11 Å². The molecule has 0 fully saturated rings. The van der Waals surface area contributed by atoms with Crippen LogP contribution < -0.4 is 4.74 Å². The molecule has 1 heterocycles. The van der Waals surface area contributed by atoms with Gasteiger partial charge in [0.15, 0.2) is 0 Å². The molecule has 0 amide bonds. The van der Waals surface area contributed by atoms with Crippen LogP contribution >= 0.6 is 0 Å². The van der Waals surface area contributed by atoms with E-state index in [4.69, 9.17) is 28.0 Å². The van der Waals surface area contributed by atoms with Gasteiger partial charge >= 0.3 is 56.5 Å². The molecule has 1 rings (SSSR count). The Labute approximate surface area is 121 Å². The molecule has 0 aliphatic carbocycles. The minimum atomic E-state index is 0. The summed E-state index contributed by atoms with van der Waals surface area (Å²) in [6.45, 7) is 22.5. The van der Waals surface area contributed by atoms with Gasteiger partial charge in [0.1, 0.15) is 5.75 Å². The molecule has 0 aliphatic rings. The molecule has 1 aromatic heterocycles. The molecule has 0 saturated heterocycles. The molecule has 0 bridgehead atoms. The smallest absolute Gasteiger partial charge is 0 e. The maximum Gasteiger partial charge on any atom is 0 e. The van der Waals surface area contributed by atoms with Gasteiger partial charge in [-0.25, -0.2) is 0 Å². The Hall–Kier alpha value is -1.82. The van der Waals surface area contributed by atoms with Crippen LogP contribution in [0, 0.1) is 33.3 Å². The number of aromatic nitrogens is 1. The fraction of sp³-hybridized carbons (Fsp3) is 0.0909. The van der Waals surface area contributed by atoms with Crippen LogP contribution in [0.3, 0.4) is 0 Å². The molecule has 7 nitrogen and oxygen atoms in total. The first-order chi connectivity index (χ1) is 8.93. The number of nitrogens with zero attached hydrogens (tertiary/aromatic N) is 1. The van der Waals surface area contributed by atoms with E-state index in [0.717, 1.165) is 5.75 Å². The molecule has 19 heavy (non-hydrogen) atoms. The van der Waals surface area contributed by atoms with Crippen LogP contribution in [0.4, 0.5) is 0 Å². The molecule has 0 spiro atoms. The molecule has 0 N–H and O–H groups in total. The number of methoxy groups -OCH3 is 1. The van der Waals surface area contributed by atoms with Gasteiger partial charge in [-0.1, -0.05) is 0 Å². The van der Waals surface area contributed by atoms with Crippen LogP contribution in [0.25, 0.3) is 0 Å². The van der Waals surface area contributed by atoms with E-state index in [9.17, 15) is 0 Å². The topological polar surface area (TPSA) is 122 Å². The van der Waals surface area contributed by atoms with E-state index in [2.05, 4.69) is 38.2 Å². The molecule has 0 aromatic carbocycles. The second-order valence-electron chi connectivity index (χ2n) is 1.39. The van der Waals surface area contributed by atoms with Crippen LogP contribution in [-0.2, 0) is 40.6 Å². The third-order valence-corrected chi connectivity index (χ3v) is 0.885. The van der Waals surface area contributed by atoms with Crippen LogP contribution in [-0.4, -0.2) is 12.1 Å². The van der Waals surface area contributed by atoms with Gasteiger partial charge in [-0.3, -0.25) is 4.98 Å². The van der Waals surface area contributed by atoms with E-state index in [0.29, 0.717) is 0 Å². The maximum absolute atomic E-state index is 7.50. The molecular formula is C11H7CrNO6. The maximum atomic E-state index is 7.50. The fourth-order valence-corrected chi connectivity index (χ4v) is 0.474. The largest absolute Gasteiger partial charge is 0 e. The summed E-state index contributed by atoms with van der Waals surface area (Å²) < 4.78 is 42.4. The minimum Gasteiger partial charge on any atom is 0 e. The Morgan fingerprint density at radius 2 is 1.05 bits per heavy atom. The molecular weight excluding hydrogens is 294 g/mol. The molecule has 8 heteroatoms. The first-order valence-electron chi connectivity index (χ1n) is 3.39. The normalized spacial score (nSPS) is 4.16. The number of hydrogen-bond donors (Lipinski definition) is 0. The van der Waals surface area contributed by atoms with E-state index in [1.54, 1.807) is 31.6 Å². The minimum absolute atomic E-state index is 0. The van der Waals surface area contributed by atoms with Crippen molar-refractivity contribution in [2.45, 2.75) is 0 Å². The first-order valence-corrected chi connectivity index (χ1v) is 3.39. The van der Waals surface area contributed by atoms with Crippen molar-refractivity contribution in [1.29, 1.82) is 0 Å². The first kappa shape index (κ1) is 36.0. The standard InChI is InChI=1S/C6H7NO.5CO.Cr/c1-8-6-2-4-7-5-3-6;5*1-2;/h2-5H,1H3;;;;;;. The second-order valence-corrected chi connectivity index (χ2v) is 1.39. The second kappa shape index (κ2) is 72.3. The van der Waals surface area contributed by atoms with Crippen molar-refractivity contribution in [1.82, 2.24) is 4.98 Å². The predicted molar refractivity (Wildman–Crippen MR) is 50.4 cm³/mol. The van der Waals surface area contributed by atoms with Gasteiger partial charge in [0.25, 0.3) is 0 Å². The predicted octanol–water partition coefficient (Wildman–Crippen LogP) is 0.900.